The van der Waals surface area contributed by atoms with Crippen molar-refractivity contribution >= 4 is 12.1 Å². The molecule has 0 bridgehead atoms. The van der Waals surface area contributed by atoms with Crippen molar-refractivity contribution in [1.29, 1.82) is 0 Å². The highest BCUT2D eigenvalue weighted by molar-refractivity contribution is 5.80. The van der Waals surface area contributed by atoms with Gasteiger partial charge in [0, 0.05) is 52.4 Å². The van der Waals surface area contributed by atoms with Crippen LogP contribution in [0.25, 0.3) is 0 Å². The lowest BCUT2D eigenvalue weighted by Gasteiger charge is -2.40. The molecule has 2 aliphatic heterocycles. The minimum atomic E-state index is -4.21. The van der Waals surface area contributed by atoms with Crippen molar-refractivity contribution in [3.63, 3.8) is 0 Å². The van der Waals surface area contributed by atoms with Crippen LogP contribution in [-0.4, -0.2) is 96.9 Å². The van der Waals surface area contributed by atoms with E-state index in [1.54, 1.807) is 4.90 Å². The predicted octanol–water partition coefficient (Wildman–Crippen LogP) is 3.17. The standard InChI is InChI=1S/C21H38F3N5O2/c1-6-25-18(28-12-10-27(11-13-28)16(2)21(22,23)24)26-14-17-8-7-9-29(15-17)19(30)31-20(3,4)5/h16-17H,6-15H2,1-5H3,(H,25,26). The summed E-state index contributed by atoms with van der Waals surface area (Å²) in [6.07, 6.45) is -2.60. The molecule has 180 valence electrons. The first kappa shape index (κ1) is 25.5. The Bertz CT molecular complexity index is 613. The average molecular weight is 450 g/mol. The fourth-order valence-electron chi connectivity index (χ4n) is 3.88. The van der Waals surface area contributed by atoms with Crippen LogP contribution in [0.5, 0.6) is 0 Å². The number of carbonyl (C=O) groups excluding carboxylic acids is 1. The summed E-state index contributed by atoms with van der Waals surface area (Å²) in [5, 5.41) is 3.26. The Hall–Kier alpha value is -1.71. The molecule has 7 nitrogen and oxygen atoms in total. The first-order valence-electron chi connectivity index (χ1n) is 11.2. The van der Waals surface area contributed by atoms with Crippen LogP contribution in [0.3, 0.4) is 0 Å². The SMILES string of the molecule is CCNC(=NCC1CCCN(C(=O)OC(C)(C)C)C1)N1CCN(C(C)C(F)(F)F)CC1. The molecular formula is C21H38F3N5O2. The quantitative estimate of drug-likeness (QED) is 0.528. The monoisotopic (exact) mass is 449 g/mol. The summed E-state index contributed by atoms with van der Waals surface area (Å²) < 4.78 is 44.4. The number of likely N-dealkylation sites (tertiary alicyclic amines) is 1. The Morgan fingerprint density at radius 3 is 2.32 bits per heavy atom. The van der Waals surface area contributed by atoms with Crippen LogP contribution in [0.4, 0.5) is 18.0 Å². The minimum Gasteiger partial charge on any atom is -0.444 e. The average Bonchev–Trinajstić information content (AvgIpc) is 2.69. The van der Waals surface area contributed by atoms with Crippen LogP contribution >= 0.6 is 0 Å². The number of hydrogen-bond donors (Lipinski definition) is 1. The molecular weight excluding hydrogens is 411 g/mol. The highest BCUT2D eigenvalue weighted by atomic mass is 19.4. The van der Waals surface area contributed by atoms with Crippen LogP contribution in [0, 0.1) is 5.92 Å². The molecule has 2 saturated heterocycles. The fraction of sp³-hybridized carbons (Fsp3) is 0.905. The first-order valence-corrected chi connectivity index (χ1v) is 11.2. The Morgan fingerprint density at radius 2 is 1.77 bits per heavy atom. The van der Waals surface area contributed by atoms with E-state index in [1.807, 2.05) is 32.6 Å². The Morgan fingerprint density at radius 1 is 1.13 bits per heavy atom. The summed E-state index contributed by atoms with van der Waals surface area (Å²) >= 11 is 0. The fourth-order valence-corrected chi connectivity index (χ4v) is 3.88. The highest BCUT2D eigenvalue weighted by Crippen LogP contribution is 2.25. The molecule has 2 heterocycles. The second-order valence-corrected chi connectivity index (χ2v) is 9.37. The smallest absolute Gasteiger partial charge is 0.410 e. The molecule has 0 saturated carbocycles. The van der Waals surface area contributed by atoms with Crippen LogP contribution in [0.2, 0.25) is 0 Å². The van der Waals surface area contributed by atoms with Gasteiger partial charge in [-0.1, -0.05) is 0 Å². The van der Waals surface area contributed by atoms with E-state index in [1.165, 1.54) is 11.8 Å². The molecule has 2 aliphatic rings. The number of nitrogens with one attached hydrogen (secondary N) is 1. The Kier molecular flexibility index (Phi) is 8.85. The predicted molar refractivity (Wildman–Crippen MR) is 115 cm³/mol. The second kappa shape index (κ2) is 10.7. The van der Waals surface area contributed by atoms with Gasteiger partial charge in [-0.25, -0.2) is 4.79 Å². The molecule has 0 aliphatic carbocycles. The van der Waals surface area contributed by atoms with E-state index in [2.05, 4.69) is 5.32 Å². The van der Waals surface area contributed by atoms with Gasteiger partial charge in [0.25, 0.3) is 0 Å². The highest BCUT2D eigenvalue weighted by Gasteiger charge is 2.41. The number of halogens is 3. The molecule has 2 fully saturated rings. The van der Waals surface area contributed by atoms with Gasteiger partial charge in [-0.05, 0) is 53.4 Å². The van der Waals surface area contributed by atoms with Crippen molar-refractivity contribution in [1.82, 2.24) is 20.0 Å². The number of alkyl halides is 3. The molecule has 10 heteroatoms. The van der Waals surface area contributed by atoms with Crippen molar-refractivity contribution in [2.24, 2.45) is 10.9 Å². The van der Waals surface area contributed by atoms with Crippen LogP contribution in [0.1, 0.15) is 47.5 Å². The second-order valence-electron chi connectivity index (χ2n) is 9.37. The summed E-state index contributed by atoms with van der Waals surface area (Å²) in [6, 6.07) is -1.43. The van der Waals surface area contributed by atoms with E-state index in [9.17, 15) is 18.0 Å². The normalized spacial score (nSPS) is 23.0. The lowest BCUT2D eigenvalue weighted by Crippen LogP contribution is -2.56. The molecule has 1 N–H and O–H groups in total. The topological polar surface area (TPSA) is 60.4 Å². The van der Waals surface area contributed by atoms with Crippen LogP contribution in [0.15, 0.2) is 4.99 Å². The lowest BCUT2D eigenvalue weighted by molar-refractivity contribution is -0.181. The van der Waals surface area contributed by atoms with Crippen molar-refractivity contribution in [2.75, 3.05) is 52.4 Å². The van der Waals surface area contributed by atoms with E-state index in [0.29, 0.717) is 52.4 Å². The van der Waals surface area contributed by atoms with Gasteiger partial charge in [-0.15, -0.1) is 0 Å². The summed E-state index contributed by atoms with van der Waals surface area (Å²) in [4.78, 5) is 22.4. The molecule has 0 aromatic rings. The van der Waals surface area contributed by atoms with E-state index in [4.69, 9.17) is 9.73 Å². The number of nitrogens with zero attached hydrogens (tertiary/aromatic N) is 4. The number of guanidine groups is 1. The summed E-state index contributed by atoms with van der Waals surface area (Å²) in [5.41, 5.74) is -0.522. The zero-order valence-electron chi connectivity index (χ0n) is 19.5. The summed E-state index contributed by atoms with van der Waals surface area (Å²) in [7, 11) is 0. The van der Waals surface area contributed by atoms with Gasteiger partial charge >= 0.3 is 12.3 Å². The number of hydrogen-bond acceptors (Lipinski definition) is 4. The number of ether oxygens (including phenoxy) is 1. The van der Waals surface area contributed by atoms with Gasteiger partial charge in [-0.2, -0.15) is 13.2 Å². The lowest BCUT2D eigenvalue weighted by atomic mass is 9.98. The zero-order valence-corrected chi connectivity index (χ0v) is 19.5. The van der Waals surface area contributed by atoms with E-state index in [0.717, 1.165) is 18.8 Å². The van der Waals surface area contributed by atoms with Gasteiger partial charge in [-0.3, -0.25) is 9.89 Å². The van der Waals surface area contributed by atoms with E-state index in [-0.39, 0.29) is 12.0 Å². The molecule has 0 aromatic heterocycles. The summed E-state index contributed by atoms with van der Waals surface area (Å²) in [6.45, 7) is 13.0. The van der Waals surface area contributed by atoms with E-state index < -0.39 is 17.8 Å². The molecule has 0 spiro atoms. The molecule has 1 amide bonds. The minimum absolute atomic E-state index is 0.237. The van der Waals surface area contributed by atoms with Gasteiger partial charge in [0.1, 0.15) is 11.6 Å². The van der Waals surface area contributed by atoms with Gasteiger partial charge in [0.15, 0.2) is 5.96 Å². The zero-order chi connectivity index (χ0) is 23.2. The molecule has 2 rings (SSSR count). The molecule has 31 heavy (non-hydrogen) atoms. The van der Waals surface area contributed by atoms with E-state index >= 15 is 0 Å². The Labute approximate surface area is 184 Å². The van der Waals surface area contributed by atoms with Crippen LogP contribution in [-0.2, 0) is 4.74 Å². The first-order chi connectivity index (χ1) is 14.4. The number of piperidine rings is 1. The Balaban J connectivity index is 1.92. The molecule has 0 aromatic carbocycles. The van der Waals surface area contributed by atoms with Crippen molar-refractivity contribution in [3.05, 3.63) is 0 Å². The van der Waals surface area contributed by atoms with Gasteiger partial charge in [0.2, 0.25) is 0 Å². The number of amides is 1. The number of aliphatic imine (C=N–C) groups is 1. The third-order valence-corrected chi connectivity index (χ3v) is 5.64. The van der Waals surface area contributed by atoms with Crippen molar-refractivity contribution in [3.8, 4) is 0 Å². The molecule has 2 unspecified atom stereocenters. The third kappa shape index (κ3) is 8.05. The summed E-state index contributed by atoms with van der Waals surface area (Å²) in [5.74, 6) is 0.970. The number of carbonyl (C=O) groups is 1. The van der Waals surface area contributed by atoms with Crippen LogP contribution < -0.4 is 5.32 Å². The largest absolute Gasteiger partial charge is 0.444 e. The van der Waals surface area contributed by atoms with Crippen molar-refractivity contribution < 1.29 is 22.7 Å². The maximum atomic E-state index is 13.0. The van der Waals surface area contributed by atoms with Crippen molar-refractivity contribution in [2.45, 2.75) is 65.3 Å². The molecule has 0 radical (unpaired) electrons. The maximum absolute atomic E-state index is 13.0. The maximum Gasteiger partial charge on any atom is 0.410 e. The van der Waals surface area contributed by atoms with Gasteiger partial charge in [0.05, 0.1) is 0 Å². The molecule has 2 atom stereocenters. The van der Waals surface area contributed by atoms with Gasteiger partial charge < -0.3 is 19.9 Å². The number of rotatable bonds is 4. The number of piperazine rings is 1. The third-order valence-electron chi connectivity index (χ3n) is 5.64.